The molecule has 6 N–H and O–H groups in total. The summed E-state index contributed by atoms with van der Waals surface area (Å²) in [6, 6.07) is 0. The quantitative estimate of drug-likeness (QED) is 0.263. The minimum absolute atomic E-state index is 0. The predicted molar refractivity (Wildman–Crippen MR) is 47.7 cm³/mol. The van der Waals surface area contributed by atoms with Gasteiger partial charge in [-0.15, -0.1) is 0 Å². The van der Waals surface area contributed by atoms with Crippen molar-refractivity contribution in [2.75, 3.05) is 0 Å². The van der Waals surface area contributed by atoms with Gasteiger partial charge in [0.2, 0.25) is 0 Å². The maximum absolute atomic E-state index is 9.63. The van der Waals surface area contributed by atoms with E-state index in [0.717, 1.165) is 0 Å². The predicted octanol–water partition coefficient (Wildman–Crippen LogP) is -22.4. The standard InChI is InChI=1S/2C4H6O6.4K.H2O/c2*5-1(3(7)8)2(6)4(9)10;;;;;/h2*1-2,5-6H,(H,7,8)(H,9,10);;;;;1H2/q;;4*+1;/p-4/t2*1-,2-;;;;;/m11...../s1. The molecule has 0 saturated carbocycles. The molecular weight excluding hydrogens is 460 g/mol. The number of hydrogen-bond donors (Lipinski definition) is 4. The third-order valence-corrected chi connectivity index (χ3v) is 1.56. The van der Waals surface area contributed by atoms with Gasteiger partial charge in [0.15, 0.2) is 0 Å². The van der Waals surface area contributed by atoms with E-state index in [2.05, 4.69) is 0 Å². The molecule has 0 aromatic heterocycles. The zero-order valence-corrected chi connectivity index (χ0v) is 26.4. The molecule has 0 amide bonds. The monoisotopic (exact) mass is 470 g/mol. The van der Waals surface area contributed by atoms with E-state index < -0.39 is 48.3 Å². The SMILES string of the molecule is O.O=C([O-])[C@H](O)[C@@H](O)C(=O)[O-].O=C([O-])[C@H](O)[C@@H](O)C(=O)[O-].[K+].[K+].[K+].[K+]. The molecule has 17 heteroatoms. The van der Waals surface area contributed by atoms with Gasteiger partial charge in [-0.25, -0.2) is 0 Å². The van der Waals surface area contributed by atoms with Gasteiger partial charge in [-0.1, -0.05) is 0 Å². The number of hydrogen-bond acceptors (Lipinski definition) is 12. The molecule has 0 fully saturated rings. The summed E-state index contributed by atoms with van der Waals surface area (Å²) in [5.74, 6) is -8.23. The van der Waals surface area contributed by atoms with Crippen molar-refractivity contribution in [1.29, 1.82) is 0 Å². The first-order chi connectivity index (χ1) is 8.93. The minimum Gasteiger partial charge on any atom is -0.547 e. The topological polar surface area (TPSA) is 273 Å². The first kappa shape index (κ1) is 47.1. The van der Waals surface area contributed by atoms with Gasteiger partial charge < -0.3 is 65.5 Å². The Hall–Kier alpha value is 4.23. The summed E-state index contributed by atoms with van der Waals surface area (Å²) in [6.07, 6.45) is -9.76. The van der Waals surface area contributed by atoms with Crippen molar-refractivity contribution in [3.63, 3.8) is 0 Å². The van der Waals surface area contributed by atoms with Crippen LogP contribution in [0.15, 0.2) is 0 Å². The molecule has 13 nitrogen and oxygen atoms in total. The van der Waals surface area contributed by atoms with Gasteiger partial charge >= 0.3 is 206 Å². The third kappa shape index (κ3) is 24.4. The summed E-state index contributed by atoms with van der Waals surface area (Å²) >= 11 is 0. The fourth-order valence-corrected chi connectivity index (χ4v) is 0.516. The van der Waals surface area contributed by atoms with E-state index in [1.54, 1.807) is 0 Å². The van der Waals surface area contributed by atoms with Gasteiger partial charge in [-0.05, 0) is 0 Å². The molecule has 0 bridgehead atoms. The molecule has 0 aliphatic carbocycles. The fourth-order valence-electron chi connectivity index (χ4n) is 0.516. The first-order valence-electron chi connectivity index (χ1n) is 4.49. The average molecular weight is 471 g/mol. The van der Waals surface area contributed by atoms with Crippen molar-refractivity contribution in [2.45, 2.75) is 24.4 Å². The van der Waals surface area contributed by atoms with E-state index in [1.165, 1.54) is 0 Å². The molecule has 0 aromatic rings. The molecule has 4 atom stereocenters. The van der Waals surface area contributed by atoms with Crippen molar-refractivity contribution in [1.82, 2.24) is 0 Å². The Kier molecular flexibility index (Phi) is 49.5. The van der Waals surface area contributed by atoms with Crippen molar-refractivity contribution < 1.29 is 271 Å². The van der Waals surface area contributed by atoms with Gasteiger partial charge in [0, 0.05) is 0 Å². The van der Waals surface area contributed by atoms with Crippen LogP contribution in [0.4, 0.5) is 0 Å². The van der Waals surface area contributed by atoms with Crippen molar-refractivity contribution in [3.05, 3.63) is 0 Å². The first-order valence-corrected chi connectivity index (χ1v) is 4.49. The molecule has 0 aromatic carbocycles. The number of carbonyl (C=O) groups excluding carboxylic acids is 4. The van der Waals surface area contributed by atoms with Crippen LogP contribution < -0.4 is 226 Å². The molecular formula is C8H10K4O13. The van der Waals surface area contributed by atoms with Gasteiger partial charge in [-0.3, -0.25) is 0 Å². The van der Waals surface area contributed by atoms with E-state index in [0.29, 0.717) is 0 Å². The van der Waals surface area contributed by atoms with Gasteiger partial charge in [0.25, 0.3) is 0 Å². The van der Waals surface area contributed by atoms with Crippen LogP contribution in [0.2, 0.25) is 0 Å². The molecule has 0 aliphatic rings. The second kappa shape index (κ2) is 26.3. The number of aliphatic hydroxyl groups is 4. The maximum atomic E-state index is 9.63. The van der Waals surface area contributed by atoms with E-state index in [-0.39, 0.29) is 211 Å². The number of carboxylic acid groups (broad SMARTS) is 4. The Balaban J connectivity index is -0.0000000432. The molecule has 124 valence electrons. The number of aliphatic hydroxyl groups excluding tert-OH is 4. The number of rotatable bonds is 6. The van der Waals surface area contributed by atoms with Gasteiger partial charge in [0.05, 0.1) is 23.9 Å². The van der Waals surface area contributed by atoms with Crippen molar-refractivity contribution in [2.24, 2.45) is 0 Å². The van der Waals surface area contributed by atoms with E-state index in [1.807, 2.05) is 0 Å². The van der Waals surface area contributed by atoms with Gasteiger partial charge in [-0.2, -0.15) is 0 Å². The largest absolute Gasteiger partial charge is 1.00 e. The molecule has 0 unspecified atom stereocenters. The molecule has 0 rings (SSSR count). The van der Waals surface area contributed by atoms with Crippen LogP contribution in [0.1, 0.15) is 0 Å². The summed E-state index contributed by atoms with van der Waals surface area (Å²) in [5, 5.41) is 71.5. The second-order valence-corrected chi connectivity index (χ2v) is 3.06. The van der Waals surface area contributed by atoms with Crippen LogP contribution in [-0.4, -0.2) is 74.2 Å². The fraction of sp³-hybridized carbons (Fsp3) is 0.500. The number of carboxylic acids is 4. The number of carbonyl (C=O) groups is 4. The van der Waals surface area contributed by atoms with Crippen LogP contribution in [0.25, 0.3) is 0 Å². The zero-order valence-electron chi connectivity index (χ0n) is 13.9. The van der Waals surface area contributed by atoms with Gasteiger partial charge in [0.1, 0.15) is 24.4 Å². The summed E-state index contributed by atoms with van der Waals surface area (Å²) in [6.45, 7) is 0. The maximum Gasteiger partial charge on any atom is 1.00 e. The minimum atomic E-state index is -2.44. The Labute approximate surface area is 310 Å². The van der Waals surface area contributed by atoms with Crippen molar-refractivity contribution >= 4 is 23.9 Å². The summed E-state index contributed by atoms with van der Waals surface area (Å²) in [7, 11) is 0. The van der Waals surface area contributed by atoms with Crippen molar-refractivity contribution in [3.8, 4) is 0 Å². The van der Waals surface area contributed by atoms with Crippen LogP contribution in [0.3, 0.4) is 0 Å². The average Bonchev–Trinajstić information content (AvgIpc) is 2.35. The summed E-state index contributed by atoms with van der Waals surface area (Å²) in [4.78, 5) is 38.5. The summed E-state index contributed by atoms with van der Waals surface area (Å²) in [5.41, 5.74) is 0. The van der Waals surface area contributed by atoms with Crippen LogP contribution >= 0.6 is 0 Å². The Morgan fingerprint density at radius 3 is 0.600 bits per heavy atom. The molecule has 0 spiro atoms. The second-order valence-electron chi connectivity index (χ2n) is 3.06. The molecule has 0 heterocycles. The molecule has 0 radical (unpaired) electrons. The van der Waals surface area contributed by atoms with Crippen LogP contribution in [0.5, 0.6) is 0 Å². The molecule has 0 aliphatic heterocycles. The smallest absolute Gasteiger partial charge is 0.547 e. The normalized spacial score (nSPS) is 12.6. The zero-order chi connectivity index (χ0) is 16.6. The Bertz CT molecular complexity index is 320. The van der Waals surface area contributed by atoms with E-state index >= 15 is 0 Å². The number of aliphatic carboxylic acids is 4. The Morgan fingerprint density at radius 1 is 0.480 bits per heavy atom. The molecule has 0 saturated heterocycles. The summed E-state index contributed by atoms with van der Waals surface area (Å²) < 4.78 is 0. The third-order valence-electron chi connectivity index (χ3n) is 1.56. The van der Waals surface area contributed by atoms with Crippen LogP contribution in [0, 0.1) is 0 Å². The van der Waals surface area contributed by atoms with Crippen LogP contribution in [-0.2, 0) is 19.2 Å². The van der Waals surface area contributed by atoms with E-state index in [4.69, 9.17) is 20.4 Å². The molecule has 25 heavy (non-hydrogen) atoms. The van der Waals surface area contributed by atoms with E-state index in [9.17, 15) is 39.6 Å². The Morgan fingerprint density at radius 2 is 0.560 bits per heavy atom.